The fraction of sp³-hybridized carbons (Fsp3) is 0.250. The van der Waals surface area contributed by atoms with Gasteiger partial charge in [-0.15, -0.1) is 0 Å². The van der Waals surface area contributed by atoms with Crippen molar-refractivity contribution in [3.63, 3.8) is 0 Å². The SMILES string of the molecule is C[P+]1(C2CC2)c2ccccc2-c2ccccc21. The van der Waals surface area contributed by atoms with Crippen LogP contribution in [0.2, 0.25) is 0 Å². The second-order valence-corrected chi connectivity index (χ2v) is 9.19. The second kappa shape index (κ2) is 3.21. The van der Waals surface area contributed by atoms with Crippen molar-refractivity contribution in [3.8, 4) is 11.1 Å². The molecule has 2 aromatic rings. The molecule has 0 radical (unpaired) electrons. The molecule has 17 heavy (non-hydrogen) atoms. The van der Waals surface area contributed by atoms with Crippen LogP contribution < -0.4 is 10.6 Å². The van der Waals surface area contributed by atoms with Crippen molar-refractivity contribution in [2.24, 2.45) is 0 Å². The maximum Gasteiger partial charge on any atom is 0.107 e. The van der Waals surface area contributed by atoms with Crippen LogP contribution in [-0.4, -0.2) is 12.3 Å². The first-order chi connectivity index (χ1) is 8.32. The molecule has 2 aliphatic rings. The number of rotatable bonds is 1. The Balaban J connectivity index is 2.09. The van der Waals surface area contributed by atoms with Gasteiger partial charge in [0, 0.05) is 11.1 Å². The molecule has 1 aliphatic heterocycles. The average Bonchev–Trinajstić information content (AvgIpc) is 3.20. The highest BCUT2D eigenvalue weighted by Crippen LogP contribution is 2.70. The summed E-state index contributed by atoms with van der Waals surface area (Å²) in [7, 11) is -1.06. The average molecular weight is 239 g/mol. The molecule has 0 N–H and O–H groups in total. The second-order valence-electron chi connectivity index (χ2n) is 5.34. The zero-order valence-corrected chi connectivity index (χ0v) is 11.0. The molecule has 0 saturated heterocycles. The smallest absolute Gasteiger partial charge is 0.0614 e. The van der Waals surface area contributed by atoms with Crippen molar-refractivity contribution in [2.45, 2.75) is 18.5 Å². The molecule has 0 amide bonds. The van der Waals surface area contributed by atoms with Gasteiger partial charge in [0.2, 0.25) is 0 Å². The van der Waals surface area contributed by atoms with Gasteiger partial charge in [0.25, 0.3) is 0 Å². The molecule has 84 valence electrons. The van der Waals surface area contributed by atoms with E-state index in [1.54, 1.807) is 10.6 Å². The van der Waals surface area contributed by atoms with E-state index in [0.29, 0.717) is 0 Å². The molecule has 1 aliphatic carbocycles. The molecule has 1 fully saturated rings. The van der Waals surface area contributed by atoms with Gasteiger partial charge in [-0.2, -0.15) is 0 Å². The van der Waals surface area contributed by atoms with E-state index >= 15 is 0 Å². The first-order valence-electron chi connectivity index (χ1n) is 6.37. The quantitative estimate of drug-likeness (QED) is 0.669. The lowest BCUT2D eigenvalue weighted by Crippen LogP contribution is -2.19. The lowest BCUT2D eigenvalue weighted by atomic mass is 10.1. The number of fused-ring (bicyclic) bond motifs is 3. The molecule has 0 nitrogen and oxygen atoms in total. The highest BCUT2D eigenvalue weighted by Gasteiger charge is 2.56. The van der Waals surface area contributed by atoms with Gasteiger partial charge in [-0.25, -0.2) is 0 Å². The van der Waals surface area contributed by atoms with Crippen LogP contribution in [0.3, 0.4) is 0 Å². The van der Waals surface area contributed by atoms with Crippen LogP contribution in [0, 0.1) is 0 Å². The van der Waals surface area contributed by atoms with Crippen LogP contribution >= 0.6 is 7.26 Å². The van der Waals surface area contributed by atoms with Gasteiger partial charge in [-0.05, 0) is 25.0 Å². The molecule has 1 saturated carbocycles. The Labute approximate surface area is 103 Å². The summed E-state index contributed by atoms with van der Waals surface area (Å²) in [6, 6.07) is 18.2. The van der Waals surface area contributed by atoms with Gasteiger partial charge in [0.05, 0.1) is 19.6 Å². The number of hydrogen-bond acceptors (Lipinski definition) is 0. The lowest BCUT2D eigenvalue weighted by Gasteiger charge is -2.18. The highest BCUT2D eigenvalue weighted by atomic mass is 31.2. The minimum Gasteiger partial charge on any atom is -0.0614 e. The fourth-order valence-electron chi connectivity index (χ4n) is 3.33. The van der Waals surface area contributed by atoms with Gasteiger partial charge in [-0.3, -0.25) is 0 Å². The molecule has 2 aromatic carbocycles. The highest BCUT2D eigenvalue weighted by molar-refractivity contribution is 7.90. The third-order valence-corrected chi connectivity index (χ3v) is 9.14. The van der Waals surface area contributed by atoms with Crippen molar-refractivity contribution in [3.05, 3.63) is 48.5 Å². The zero-order chi connectivity index (χ0) is 11.5. The normalized spacial score (nSPS) is 19.8. The monoisotopic (exact) mass is 239 g/mol. The van der Waals surface area contributed by atoms with Crippen LogP contribution in [-0.2, 0) is 0 Å². The summed E-state index contributed by atoms with van der Waals surface area (Å²) in [6.45, 7) is 2.55. The Morgan fingerprint density at radius 3 is 1.76 bits per heavy atom. The van der Waals surface area contributed by atoms with Gasteiger partial charge in [0.15, 0.2) is 0 Å². The zero-order valence-electron chi connectivity index (χ0n) is 10.1. The molecule has 4 rings (SSSR count). The molecule has 0 bridgehead atoms. The molecule has 1 heteroatoms. The summed E-state index contributed by atoms with van der Waals surface area (Å²) in [5.41, 5.74) is 3.98. The van der Waals surface area contributed by atoms with Crippen LogP contribution in [0.4, 0.5) is 0 Å². The first kappa shape index (κ1) is 9.85. The molecular weight excluding hydrogens is 223 g/mol. The maximum atomic E-state index is 2.55. The van der Waals surface area contributed by atoms with Gasteiger partial charge in [-0.1, -0.05) is 36.4 Å². The minimum absolute atomic E-state index is 0.965. The Morgan fingerprint density at radius 1 is 0.824 bits per heavy atom. The molecule has 0 unspecified atom stereocenters. The number of hydrogen-bond donors (Lipinski definition) is 0. The van der Waals surface area contributed by atoms with E-state index in [9.17, 15) is 0 Å². The minimum atomic E-state index is -1.06. The molecule has 0 atom stereocenters. The fourth-order valence-corrected chi connectivity index (χ4v) is 7.74. The van der Waals surface area contributed by atoms with Crippen molar-refractivity contribution in [1.82, 2.24) is 0 Å². The van der Waals surface area contributed by atoms with E-state index in [1.807, 2.05) is 0 Å². The topological polar surface area (TPSA) is 0 Å². The summed E-state index contributed by atoms with van der Waals surface area (Å²) in [5.74, 6) is 0. The van der Waals surface area contributed by atoms with Gasteiger partial charge >= 0.3 is 0 Å². The van der Waals surface area contributed by atoms with Gasteiger partial charge in [0.1, 0.15) is 10.6 Å². The van der Waals surface area contributed by atoms with Crippen molar-refractivity contribution in [1.29, 1.82) is 0 Å². The van der Waals surface area contributed by atoms with Crippen LogP contribution in [0.15, 0.2) is 48.5 Å². The van der Waals surface area contributed by atoms with Crippen LogP contribution in [0.5, 0.6) is 0 Å². The summed E-state index contributed by atoms with van der Waals surface area (Å²) in [5, 5.41) is 3.31. The predicted octanol–water partition coefficient (Wildman–Crippen LogP) is 3.43. The molecule has 0 aromatic heterocycles. The van der Waals surface area contributed by atoms with E-state index in [4.69, 9.17) is 0 Å². The summed E-state index contributed by atoms with van der Waals surface area (Å²) in [6.07, 6.45) is 2.87. The van der Waals surface area contributed by atoms with E-state index < -0.39 is 7.26 Å². The van der Waals surface area contributed by atoms with Crippen LogP contribution in [0.25, 0.3) is 11.1 Å². The van der Waals surface area contributed by atoms with Crippen molar-refractivity contribution in [2.75, 3.05) is 6.66 Å². The maximum absolute atomic E-state index is 2.55. The Bertz CT molecular complexity index is 550. The molecule has 0 spiro atoms. The van der Waals surface area contributed by atoms with Crippen molar-refractivity contribution >= 4 is 17.9 Å². The summed E-state index contributed by atoms with van der Waals surface area (Å²) in [4.78, 5) is 0. The Kier molecular flexibility index (Phi) is 1.86. The van der Waals surface area contributed by atoms with Crippen LogP contribution in [0.1, 0.15) is 12.8 Å². The predicted molar refractivity (Wildman–Crippen MR) is 77.0 cm³/mol. The lowest BCUT2D eigenvalue weighted by molar-refractivity contribution is 1.47. The van der Waals surface area contributed by atoms with E-state index in [1.165, 1.54) is 24.0 Å². The van der Waals surface area contributed by atoms with E-state index in [2.05, 4.69) is 55.2 Å². The standard InChI is InChI=1S/C16H16P/c1-17(12-10-11-12)15-8-4-2-6-13(15)14-7-3-5-9-16(14)17/h2-9,12H,10-11H2,1H3/q+1. The Hall–Kier alpha value is -1.13. The summed E-state index contributed by atoms with van der Waals surface area (Å²) >= 11 is 0. The molecule has 1 heterocycles. The number of benzene rings is 2. The largest absolute Gasteiger partial charge is 0.107 e. The third-order valence-electron chi connectivity index (χ3n) is 4.38. The van der Waals surface area contributed by atoms with E-state index in [-0.39, 0.29) is 0 Å². The van der Waals surface area contributed by atoms with E-state index in [0.717, 1.165) is 5.66 Å². The first-order valence-corrected chi connectivity index (χ1v) is 8.68. The summed E-state index contributed by atoms with van der Waals surface area (Å²) < 4.78 is 0. The van der Waals surface area contributed by atoms with Crippen molar-refractivity contribution < 1.29 is 0 Å². The van der Waals surface area contributed by atoms with Gasteiger partial charge < -0.3 is 0 Å². The molecular formula is C16H16P+. The Morgan fingerprint density at radius 2 is 1.29 bits per heavy atom. The third kappa shape index (κ3) is 1.17.